The fraction of sp³-hybridized carbons (Fsp3) is 0.778. The molecule has 0 unspecified atom stereocenters. The summed E-state index contributed by atoms with van der Waals surface area (Å²) in [5, 5.41) is 0. The van der Waals surface area contributed by atoms with E-state index >= 15 is 0 Å². The fourth-order valence-electron chi connectivity index (χ4n) is 1.39. The Hall–Kier alpha value is -0.500. The molecule has 0 aromatic carbocycles. The van der Waals surface area contributed by atoms with Crippen molar-refractivity contribution in [1.29, 1.82) is 0 Å². The lowest BCUT2D eigenvalue weighted by Crippen LogP contribution is -2.17. The van der Waals surface area contributed by atoms with Crippen LogP contribution in [0.15, 0.2) is 12.3 Å². The van der Waals surface area contributed by atoms with Gasteiger partial charge in [0.15, 0.2) is 0 Å². The van der Waals surface area contributed by atoms with Crippen molar-refractivity contribution in [3.8, 4) is 0 Å². The van der Waals surface area contributed by atoms with Crippen LogP contribution in [0, 0.1) is 11.3 Å². The molecule has 0 aromatic rings. The van der Waals surface area contributed by atoms with Crippen molar-refractivity contribution in [2.75, 3.05) is 0 Å². The van der Waals surface area contributed by atoms with Crippen molar-refractivity contribution in [3.05, 3.63) is 12.3 Å². The molecular formula is C9H20N2. The van der Waals surface area contributed by atoms with E-state index < -0.39 is 0 Å². The highest BCUT2D eigenvalue weighted by Gasteiger charge is 2.14. The third kappa shape index (κ3) is 5.92. The van der Waals surface area contributed by atoms with E-state index in [1.165, 1.54) is 6.42 Å². The minimum Gasteiger partial charge on any atom is -0.332 e. The van der Waals surface area contributed by atoms with Crippen LogP contribution in [-0.4, -0.2) is 0 Å². The molecule has 3 N–H and O–H groups in total. The Morgan fingerprint density at radius 3 is 2.36 bits per heavy atom. The number of nitrogens with two attached hydrogens (primary N) is 1. The highest BCUT2D eigenvalue weighted by Crippen LogP contribution is 2.26. The van der Waals surface area contributed by atoms with Gasteiger partial charge in [0.1, 0.15) is 0 Å². The summed E-state index contributed by atoms with van der Waals surface area (Å²) in [6, 6.07) is 0. The highest BCUT2D eigenvalue weighted by atomic mass is 15.2. The number of allylic oxidation sites excluding steroid dienone is 1. The third-order valence-electron chi connectivity index (χ3n) is 1.57. The molecule has 0 heterocycles. The number of hydrazine groups is 1. The quantitative estimate of drug-likeness (QED) is 0.483. The summed E-state index contributed by atoms with van der Waals surface area (Å²) in [7, 11) is 0. The molecule has 0 rings (SSSR count). The summed E-state index contributed by atoms with van der Waals surface area (Å²) in [6.07, 6.45) is 5.08. The first-order valence-electron chi connectivity index (χ1n) is 4.12. The maximum atomic E-state index is 5.13. The largest absolute Gasteiger partial charge is 0.332 e. The van der Waals surface area contributed by atoms with Gasteiger partial charge in [0.25, 0.3) is 0 Å². The highest BCUT2D eigenvalue weighted by molar-refractivity contribution is 4.93. The van der Waals surface area contributed by atoms with Gasteiger partial charge >= 0.3 is 0 Å². The van der Waals surface area contributed by atoms with Crippen LogP contribution in [0.25, 0.3) is 0 Å². The molecule has 0 fully saturated rings. The Bertz CT molecular complexity index is 126. The Labute approximate surface area is 69.8 Å². The van der Waals surface area contributed by atoms with Crippen LogP contribution in [0.5, 0.6) is 0 Å². The van der Waals surface area contributed by atoms with Crippen LogP contribution in [0.1, 0.15) is 34.1 Å². The molecule has 0 aliphatic rings. The first kappa shape index (κ1) is 10.5. The lowest BCUT2D eigenvalue weighted by molar-refractivity contribution is 0.365. The second-order valence-electron chi connectivity index (χ2n) is 4.09. The molecule has 0 aliphatic heterocycles. The van der Waals surface area contributed by atoms with Crippen molar-refractivity contribution in [2.24, 2.45) is 17.2 Å². The van der Waals surface area contributed by atoms with Crippen LogP contribution >= 0.6 is 0 Å². The normalized spacial score (nSPS) is 12.9. The number of hydrogen-bond donors (Lipinski definition) is 2. The van der Waals surface area contributed by atoms with Gasteiger partial charge in [0, 0.05) is 6.20 Å². The minimum absolute atomic E-state index is 0.251. The second kappa shape index (κ2) is 4.39. The predicted octanol–water partition coefficient (Wildman–Crippen LogP) is 2.04. The second-order valence-corrected chi connectivity index (χ2v) is 4.09. The van der Waals surface area contributed by atoms with E-state index in [9.17, 15) is 0 Å². The SMILES string of the molecule is CC(C)CC(C)(C)/C=C\NN. The first-order chi connectivity index (χ1) is 4.98. The van der Waals surface area contributed by atoms with Gasteiger partial charge in [-0.25, -0.2) is 0 Å². The lowest BCUT2D eigenvalue weighted by Gasteiger charge is -2.22. The molecule has 0 spiro atoms. The van der Waals surface area contributed by atoms with Crippen LogP contribution < -0.4 is 11.3 Å². The zero-order valence-corrected chi connectivity index (χ0v) is 8.02. The van der Waals surface area contributed by atoms with Gasteiger partial charge in [0.2, 0.25) is 0 Å². The summed E-state index contributed by atoms with van der Waals surface area (Å²) in [5.74, 6) is 5.86. The van der Waals surface area contributed by atoms with E-state index in [-0.39, 0.29) is 5.41 Å². The van der Waals surface area contributed by atoms with E-state index in [1.54, 1.807) is 6.20 Å². The fourth-order valence-corrected chi connectivity index (χ4v) is 1.39. The van der Waals surface area contributed by atoms with E-state index in [0.29, 0.717) is 0 Å². The Morgan fingerprint density at radius 1 is 1.45 bits per heavy atom. The smallest absolute Gasteiger partial charge is 0.00880 e. The Kier molecular flexibility index (Phi) is 4.19. The number of rotatable bonds is 4. The van der Waals surface area contributed by atoms with Crippen LogP contribution in [0.2, 0.25) is 0 Å². The Morgan fingerprint density at radius 2 is 2.00 bits per heavy atom. The Balaban J connectivity index is 3.89. The van der Waals surface area contributed by atoms with E-state index in [1.807, 2.05) is 0 Å². The van der Waals surface area contributed by atoms with Crippen molar-refractivity contribution in [3.63, 3.8) is 0 Å². The van der Waals surface area contributed by atoms with Gasteiger partial charge in [-0.15, -0.1) is 0 Å². The lowest BCUT2D eigenvalue weighted by atomic mass is 9.84. The van der Waals surface area contributed by atoms with Gasteiger partial charge in [0.05, 0.1) is 0 Å². The van der Waals surface area contributed by atoms with E-state index in [4.69, 9.17) is 5.84 Å². The minimum atomic E-state index is 0.251. The van der Waals surface area contributed by atoms with E-state index in [0.717, 1.165) is 5.92 Å². The monoisotopic (exact) mass is 156 g/mol. The van der Waals surface area contributed by atoms with Crippen molar-refractivity contribution in [2.45, 2.75) is 34.1 Å². The summed E-state index contributed by atoms with van der Waals surface area (Å²) in [4.78, 5) is 0. The zero-order valence-electron chi connectivity index (χ0n) is 8.02. The number of nitrogens with one attached hydrogen (secondary N) is 1. The molecule has 2 heteroatoms. The summed E-state index contributed by atoms with van der Waals surface area (Å²) < 4.78 is 0. The van der Waals surface area contributed by atoms with Gasteiger partial charge in [-0.05, 0) is 17.8 Å². The average molecular weight is 156 g/mol. The summed E-state index contributed by atoms with van der Waals surface area (Å²) >= 11 is 0. The van der Waals surface area contributed by atoms with Gasteiger partial charge in [-0.3, -0.25) is 5.84 Å². The molecule has 0 aromatic heterocycles. The molecule has 0 aliphatic carbocycles. The van der Waals surface area contributed by atoms with E-state index in [2.05, 4.69) is 39.2 Å². The van der Waals surface area contributed by atoms with Crippen LogP contribution in [0.3, 0.4) is 0 Å². The average Bonchev–Trinajstić information content (AvgIpc) is 1.81. The molecule has 66 valence electrons. The third-order valence-corrected chi connectivity index (χ3v) is 1.57. The topological polar surface area (TPSA) is 38.0 Å². The molecular weight excluding hydrogens is 136 g/mol. The van der Waals surface area contributed by atoms with Crippen LogP contribution in [-0.2, 0) is 0 Å². The summed E-state index contributed by atoms with van der Waals surface area (Å²) in [6.45, 7) is 8.87. The molecule has 0 bridgehead atoms. The predicted molar refractivity (Wildman–Crippen MR) is 49.7 cm³/mol. The molecule has 0 atom stereocenters. The van der Waals surface area contributed by atoms with Crippen molar-refractivity contribution >= 4 is 0 Å². The van der Waals surface area contributed by atoms with Gasteiger partial charge < -0.3 is 5.43 Å². The maximum Gasteiger partial charge on any atom is 0.00880 e. The zero-order chi connectivity index (χ0) is 8.91. The van der Waals surface area contributed by atoms with Crippen LogP contribution in [0.4, 0.5) is 0 Å². The molecule has 0 amide bonds. The van der Waals surface area contributed by atoms with Gasteiger partial charge in [-0.1, -0.05) is 33.8 Å². The molecule has 2 nitrogen and oxygen atoms in total. The standard InChI is InChI=1S/C9H20N2/c1-8(2)7-9(3,4)5-6-11-10/h5-6,8,11H,7,10H2,1-4H3/b6-5-. The van der Waals surface area contributed by atoms with Crippen molar-refractivity contribution < 1.29 is 0 Å². The molecule has 0 radical (unpaired) electrons. The first-order valence-corrected chi connectivity index (χ1v) is 4.12. The maximum absolute atomic E-state index is 5.13. The number of hydrogen-bond acceptors (Lipinski definition) is 2. The van der Waals surface area contributed by atoms with Crippen molar-refractivity contribution in [1.82, 2.24) is 5.43 Å². The van der Waals surface area contributed by atoms with Gasteiger partial charge in [-0.2, -0.15) is 0 Å². The molecule has 11 heavy (non-hydrogen) atoms. The molecule has 0 saturated carbocycles. The summed E-state index contributed by atoms with van der Waals surface area (Å²) in [5.41, 5.74) is 2.77. The molecule has 0 saturated heterocycles.